The molecule has 0 aromatic heterocycles. The van der Waals surface area contributed by atoms with E-state index < -0.39 is 27.9 Å². The summed E-state index contributed by atoms with van der Waals surface area (Å²) in [5, 5.41) is 0. The molecule has 1 aliphatic heterocycles. The van der Waals surface area contributed by atoms with Crippen LogP contribution in [-0.4, -0.2) is 27.9 Å². The van der Waals surface area contributed by atoms with Crippen LogP contribution in [0.3, 0.4) is 0 Å². The van der Waals surface area contributed by atoms with Crippen LogP contribution in [0.2, 0.25) is 18.1 Å². The molecular weight excluding hydrogens is 276 g/mol. The highest BCUT2D eigenvalue weighted by Crippen LogP contribution is 2.20. The molecule has 1 saturated heterocycles. The Hall–Kier alpha value is 0.531. The summed E-state index contributed by atoms with van der Waals surface area (Å²) in [5.74, 6) is 0. The molecule has 0 spiro atoms. The van der Waals surface area contributed by atoms with Gasteiger partial charge >= 0.3 is 27.9 Å². The van der Waals surface area contributed by atoms with E-state index in [0.717, 1.165) is 0 Å². The van der Waals surface area contributed by atoms with Gasteiger partial charge in [-0.3, -0.25) is 0 Å². The van der Waals surface area contributed by atoms with Crippen molar-refractivity contribution in [1.29, 1.82) is 0 Å². The SMILES string of the molecule is CCCC[SiH]1O[SiH](CCCC)O[SiH](CCCC)O1. The second kappa shape index (κ2) is 10.3. The molecule has 0 unspecified atom stereocenters. The maximum atomic E-state index is 6.17. The zero-order chi connectivity index (χ0) is 13.2. The predicted octanol–water partition coefficient (Wildman–Crippen LogP) is 3.11. The van der Waals surface area contributed by atoms with Gasteiger partial charge in [-0.05, 0) is 18.1 Å². The molecule has 108 valence electrons. The molecule has 1 rings (SSSR count). The predicted molar refractivity (Wildman–Crippen MR) is 83.8 cm³/mol. The van der Waals surface area contributed by atoms with Gasteiger partial charge in [0.15, 0.2) is 0 Å². The van der Waals surface area contributed by atoms with Crippen molar-refractivity contribution in [3.05, 3.63) is 0 Å². The van der Waals surface area contributed by atoms with Gasteiger partial charge in [0.05, 0.1) is 0 Å². The Morgan fingerprint density at radius 1 is 0.556 bits per heavy atom. The summed E-state index contributed by atoms with van der Waals surface area (Å²) in [5.41, 5.74) is 0. The molecule has 1 heterocycles. The van der Waals surface area contributed by atoms with Gasteiger partial charge in [0.1, 0.15) is 0 Å². The highest BCUT2D eigenvalue weighted by Gasteiger charge is 2.33. The molecule has 0 saturated carbocycles. The summed E-state index contributed by atoms with van der Waals surface area (Å²) in [6.45, 7) is 6.73. The maximum absolute atomic E-state index is 6.17. The fourth-order valence-corrected chi connectivity index (χ4v) is 14.2. The lowest BCUT2D eigenvalue weighted by atomic mass is 10.4. The molecule has 0 radical (unpaired) electrons. The molecule has 0 aliphatic carbocycles. The Kier molecular flexibility index (Phi) is 9.52. The highest BCUT2D eigenvalue weighted by atomic mass is 28.5. The summed E-state index contributed by atoms with van der Waals surface area (Å²) in [4.78, 5) is 0. The van der Waals surface area contributed by atoms with Crippen LogP contribution in [0.15, 0.2) is 0 Å². The number of hydrogen-bond donors (Lipinski definition) is 0. The van der Waals surface area contributed by atoms with Gasteiger partial charge in [-0.15, -0.1) is 0 Å². The molecule has 0 amide bonds. The van der Waals surface area contributed by atoms with E-state index in [1.807, 2.05) is 0 Å². The van der Waals surface area contributed by atoms with Crippen LogP contribution >= 0.6 is 0 Å². The third-order valence-corrected chi connectivity index (χ3v) is 13.2. The summed E-state index contributed by atoms with van der Waals surface area (Å²) >= 11 is 0. The quantitative estimate of drug-likeness (QED) is 0.613. The van der Waals surface area contributed by atoms with Gasteiger partial charge in [0.25, 0.3) is 0 Å². The average molecular weight is 307 g/mol. The summed E-state index contributed by atoms with van der Waals surface area (Å²) in [7, 11) is -4.04. The van der Waals surface area contributed by atoms with E-state index in [1.165, 1.54) is 56.7 Å². The second-order valence-corrected chi connectivity index (χ2v) is 12.7. The van der Waals surface area contributed by atoms with E-state index in [0.29, 0.717) is 0 Å². The Morgan fingerprint density at radius 2 is 0.833 bits per heavy atom. The maximum Gasteiger partial charge on any atom is 0.303 e. The lowest BCUT2D eigenvalue weighted by molar-refractivity contribution is 0.276. The molecule has 0 atom stereocenters. The molecule has 1 aliphatic rings. The molecule has 1 fully saturated rings. The molecule has 0 bridgehead atoms. The topological polar surface area (TPSA) is 27.7 Å². The third-order valence-electron chi connectivity index (χ3n) is 3.29. The van der Waals surface area contributed by atoms with Gasteiger partial charge < -0.3 is 12.3 Å². The molecule has 0 N–H and O–H groups in total. The minimum absolute atomic E-state index is 1.20. The fraction of sp³-hybridized carbons (Fsp3) is 1.00. The number of rotatable bonds is 9. The average Bonchev–Trinajstić information content (AvgIpc) is 2.40. The van der Waals surface area contributed by atoms with Crippen LogP contribution in [0, 0.1) is 0 Å². The summed E-state index contributed by atoms with van der Waals surface area (Å²) in [6, 6.07) is 3.60. The Labute approximate surface area is 118 Å². The Balaban J connectivity index is 2.38. The van der Waals surface area contributed by atoms with Crippen LogP contribution in [0.4, 0.5) is 0 Å². The highest BCUT2D eigenvalue weighted by molar-refractivity contribution is 6.73. The fourth-order valence-electron chi connectivity index (χ4n) is 2.12. The van der Waals surface area contributed by atoms with Crippen LogP contribution in [-0.2, 0) is 12.3 Å². The van der Waals surface area contributed by atoms with Crippen LogP contribution in [0.1, 0.15) is 59.3 Å². The zero-order valence-corrected chi connectivity index (χ0v) is 15.8. The van der Waals surface area contributed by atoms with Crippen LogP contribution in [0.5, 0.6) is 0 Å². The standard InChI is InChI=1S/C12H30O3Si3/c1-4-7-10-16-13-17(11-8-5-2)15-18(14-16)12-9-6-3/h16-18H,4-12H2,1-3H3. The number of unbranched alkanes of at least 4 members (excludes halogenated alkanes) is 3. The van der Waals surface area contributed by atoms with Crippen molar-refractivity contribution in [2.75, 3.05) is 0 Å². The van der Waals surface area contributed by atoms with E-state index >= 15 is 0 Å². The molecule has 18 heavy (non-hydrogen) atoms. The van der Waals surface area contributed by atoms with Crippen molar-refractivity contribution in [2.45, 2.75) is 77.4 Å². The smallest absolute Gasteiger partial charge is 0.303 e. The molecule has 0 aromatic rings. The molecule has 3 nitrogen and oxygen atoms in total. The van der Waals surface area contributed by atoms with E-state index in [1.54, 1.807) is 0 Å². The van der Waals surface area contributed by atoms with Crippen LogP contribution < -0.4 is 0 Å². The first-order valence-electron chi connectivity index (χ1n) is 7.76. The lowest BCUT2D eigenvalue weighted by Crippen LogP contribution is -2.48. The Bertz CT molecular complexity index is 168. The van der Waals surface area contributed by atoms with Crippen molar-refractivity contribution < 1.29 is 12.3 Å². The van der Waals surface area contributed by atoms with Crippen molar-refractivity contribution in [1.82, 2.24) is 0 Å². The minimum atomic E-state index is -1.35. The second-order valence-electron chi connectivity index (χ2n) is 5.12. The monoisotopic (exact) mass is 306 g/mol. The van der Waals surface area contributed by atoms with Gasteiger partial charge in [-0.2, -0.15) is 0 Å². The first-order valence-corrected chi connectivity index (χ1v) is 13.0. The Morgan fingerprint density at radius 3 is 1.06 bits per heavy atom. The summed E-state index contributed by atoms with van der Waals surface area (Å²) in [6.07, 6.45) is 7.54. The van der Waals surface area contributed by atoms with E-state index in [9.17, 15) is 0 Å². The first kappa shape index (κ1) is 16.6. The van der Waals surface area contributed by atoms with Crippen molar-refractivity contribution in [3.63, 3.8) is 0 Å². The van der Waals surface area contributed by atoms with E-state index in [4.69, 9.17) is 12.3 Å². The lowest BCUT2D eigenvalue weighted by Gasteiger charge is -2.34. The van der Waals surface area contributed by atoms with Crippen molar-refractivity contribution in [2.24, 2.45) is 0 Å². The van der Waals surface area contributed by atoms with Crippen LogP contribution in [0.25, 0.3) is 0 Å². The van der Waals surface area contributed by atoms with Crippen molar-refractivity contribution in [3.8, 4) is 0 Å². The van der Waals surface area contributed by atoms with E-state index in [-0.39, 0.29) is 0 Å². The van der Waals surface area contributed by atoms with Gasteiger partial charge in [0, 0.05) is 0 Å². The zero-order valence-electron chi connectivity index (χ0n) is 12.3. The number of hydrogen-bond acceptors (Lipinski definition) is 3. The molecular formula is C12H30O3Si3. The summed E-state index contributed by atoms with van der Waals surface area (Å²) < 4.78 is 18.5. The van der Waals surface area contributed by atoms with Gasteiger partial charge in [0.2, 0.25) is 0 Å². The van der Waals surface area contributed by atoms with E-state index in [2.05, 4.69) is 20.8 Å². The first-order chi connectivity index (χ1) is 8.80. The normalized spacial score (nSPS) is 28.5. The third kappa shape index (κ3) is 6.63. The minimum Gasteiger partial charge on any atom is -0.420 e. The molecule has 6 heteroatoms. The van der Waals surface area contributed by atoms with Gasteiger partial charge in [-0.25, -0.2) is 0 Å². The van der Waals surface area contributed by atoms with Crippen molar-refractivity contribution >= 4 is 27.9 Å². The van der Waals surface area contributed by atoms with Gasteiger partial charge in [-0.1, -0.05) is 59.3 Å². The molecule has 0 aromatic carbocycles. The largest absolute Gasteiger partial charge is 0.420 e.